The van der Waals surface area contributed by atoms with Gasteiger partial charge in [0, 0.05) is 19.2 Å². The van der Waals surface area contributed by atoms with Gasteiger partial charge in [0.15, 0.2) is 11.5 Å². The number of carbonyl (C=O) groups excluding carboxylic acids is 1. The number of nitrogens with zero attached hydrogens (tertiary/aromatic N) is 5. The molecule has 8 heteroatoms. The molecule has 0 bridgehead atoms. The van der Waals surface area contributed by atoms with Crippen LogP contribution in [0.3, 0.4) is 0 Å². The average molecular weight is 337 g/mol. The van der Waals surface area contributed by atoms with Gasteiger partial charge < -0.3 is 14.4 Å². The summed E-state index contributed by atoms with van der Waals surface area (Å²) in [6.07, 6.45) is 1.49. The van der Waals surface area contributed by atoms with Crippen molar-refractivity contribution in [2.75, 3.05) is 13.8 Å². The van der Waals surface area contributed by atoms with Crippen molar-refractivity contribution in [2.24, 2.45) is 0 Å². The summed E-state index contributed by atoms with van der Waals surface area (Å²) in [7, 11) is 1.76. The van der Waals surface area contributed by atoms with Gasteiger partial charge in [-0.3, -0.25) is 4.79 Å². The minimum Gasteiger partial charge on any atom is -0.454 e. The van der Waals surface area contributed by atoms with E-state index >= 15 is 0 Å². The van der Waals surface area contributed by atoms with Gasteiger partial charge in [-0.15, -0.1) is 5.10 Å². The lowest BCUT2D eigenvalue weighted by Crippen LogP contribution is -2.26. The number of benzene rings is 2. The lowest BCUT2D eigenvalue weighted by Gasteiger charge is -2.18. The van der Waals surface area contributed by atoms with Crippen molar-refractivity contribution in [3.8, 4) is 17.2 Å². The van der Waals surface area contributed by atoms with Gasteiger partial charge in [0.1, 0.15) is 6.33 Å². The molecule has 0 spiro atoms. The van der Waals surface area contributed by atoms with Gasteiger partial charge in [0.2, 0.25) is 6.79 Å². The number of aromatic nitrogens is 4. The van der Waals surface area contributed by atoms with Crippen LogP contribution in [0.2, 0.25) is 0 Å². The van der Waals surface area contributed by atoms with Gasteiger partial charge in [0.05, 0.1) is 5.69 Å². The van der Waals surface area contributed by atoms with E-state index in [0.717, 1.165) is 17.0 Å². The van der Waals surface area contributed by atoms with Gasteiger partial charge in [-0.1, -0.05) is 12.1 Å². The van der Waals surface area contributed by atoms with Gasteiger partial charge in [-0.05, 0) is 46.3 Å². The van der Waals surface area contributed by atoms with Crippen molar-refractivity contribution in [3.63, 3.8) is 0 Å². The highest BCUT2D eigenvalue weighted by Crippen LogP contribution is 2.32. The third-order valence-corrected chi connectivity index (χ3v) is 3.91. The molecule has 0 radical (unpaired) electrons. The Morgan fingerprint density at radius 1 is 1.20 bits per heavy atom. The summed E-state index contributed by atoms with van der Waals surface area (Å²) in [6, 6.07) is 12.8. The van der Waals surface area contributed by atoms with E-state index in [1.54, 1.807) is 30.1 Å². The molecule has 8 nitrogen and oxygen atoms in total. The van der Waals surface area contributed by atoms with Gasteiger partial charge in [-0.2, -0.15) is 0 Å². The van der Waals surface area contributed by atoms with E-state index in [-0.39, 0.29) is 12.7 Å². The van der Waals surface area contributed by atoms with E-state index in [1.165, 1.54) is 11.0 Å². The minimum atomic E-state index is -0.0902. The number of rotatable bonds is 4. The molecule has 25 heavy (non-hydrogen) atoms. The van der Waals surface area contributed by atoms with Crippen molar-refractivity contribution in [2.45, 2.75) is 6.54 Å². The van der Waals surface area contributed by atoms with Gasteiger partial charge >= 0.3 is 0 Å². The third kappa shape index (κ3) is 3.01. The fourth-order valence-electron chi connectivity index (χ4n) is 2.67. The van der Waals surface area contributed by atoms with Crippen LogP contribution in [0.4, 0.5) is 0 Å². The first kappa shape index (κ1) is 15.1. The Kier molecular flexibility index (Phi) is 3.77. The molecular weight excluding hydrogens is 322 g/mol. The molecule has 0 atom stereocenters. The molecule has 2 aromatic carbocycles. The number of hydrogen-bond donors (Lipinski definition) is 0. The average Bonchev–Trinajstić information content (AvgIpc) is 3.32. The minimum absolute atomic E-state index is 0.0902. The maximum Gasteiger partial charge on any atom is 0.253 e. The largest absolute Gasteiger partial charge is 0.454 e. The number of ether oxygens (including phenoxy) is 2. The fourth-order valence-corrected chi connectivity index (χ4v) is 2.67. The van der Waals surface area contributed by atoms with Crippen LogP contribution in [-0.4, -0.2) is 44.9 Å². The Morgan fingerprint density at radius 2 is 2.08 bits per heavy atom. The molecule has 0 aliphatic carbocycles. The summed E-state index contributed by atoms with van der Waals surface area (Å²) in [5.74, 6) is 1.35. The summed E-state index contributed by atoms with van der Waals surface area (Å²) >= 11 is 0. The molecule has 0 saturated carbocycles. The second kappa shape index (κ2) is 6.23. The highest BCUT2D eigenvalue weighted by molar-refractivity contribution is 5.94. The number of amides is 1. The lowest BCUT2D eigenvalue weighted by atomic mass is 10.1. The maximum atomic E-state index is 12.7. The Labute approximate surface area is 143 Å². The normalized spacial score (nSPS) is 12.2. The monoisotopic (exact) mass is 337 g/mol. The van der Waals surface area contributed by atoms with Crippen molar-refractivity contribution in [1.82, 2.24) is 25.1 Å². The van der Waals surface area contributed by atoms with E-state index in [0.29, 0.717) is 17.9 Å². The molecule has 126 valence electrons. The molecule has 3 aromatic rings. The van der Waals surface area contributed by atoms with Gasteiger partial charge in [0.25, 0.3) is 5.91 Å². The summed E-state index contributed by atoms with van der Waals surface area (Å²) in [6.45, 7) is 0.697. The van der Waals surface area contributed by atoms with Crippen LogP contribution in [0.25, 0.3) is 5.69 Å². The standard InChI is InChI=1S/C17H15N5O3/c1-21(9-12-5-6-15-16(7-12)25-11-24-15)17(23)13-3-2-4-14(8-13)22-10-18-19-20-22/h2-8,10H,9,11H2,1H3. The summed E-state index contributed by atoms with van der Waals surface area (Å²) in [4.78, 5) is 14.4. The third-order valence-electron chi connectivity index (χ3n) is 3.91. The van der Waals surface area contributed by atoms with Crippen molar-refractivity contribution >= 4 is 5.91 Å². The van der Waals surface area contributed by atoms with Gasteiger partial charge in [-0.25, -0.2) is 4.68 Å². The van der Waals surface area contributed by atoms with Crippen LogP contribution in [0.5, 0.6) is 11.5 Å². The Balaban J connectivity index is 1.51. The molecule has 1 aliphatic heterocycles. The van der Waals surface area contributed by atoms with Crippen LogP contribution >= 0.6 is 0 Å². The molecular formula is C17H15N5O3. The number of hydrogen-bond acceptors (Lipinski definition) is 6. The highest BCUT2D eigenvalue weighted by Gasteiger charge is 2.16. The van der Waals surface area contributed by atoms with Crippen LogP contribution in [-0.2, 0) is 6.54 Å². The predicted octanol–water partition coefficient (Wildman–Crippen LogP) is 1.66. The van der Waals surface area contributed by atoms with E-state index in [2.05, 4.69) is 15.5 Å². The van der Waals surface area contributed by atoms with E-state index in [9.17, 15) is 4.79 Å². The zero-order chi connectivity index (χ0) is 17.2. The number of fused-ring (bicyclic) bond motifs is 1. The quantitative estimate of drug-likeness (QED) is 0.720. The Hall–Kier alpha value is -3.42. The topological polar surface area (TPSA) is 82.4 Å². The van der Waals surface area contributed by atoms with Crippen LogP contribution in [0, 0.1) is 0 Å². The summed E-state index contributed by atoms with van der Waals surface area (Å²) < 4.78 is 12.2. The molecule has 1 aromatic heterocycles. The zero-order valence-corrected chi connectivity index (χ0v) is 13.5. The molecule has 0 N–H and O–H groups in total. The lowest BCUT2D eigenvalue weighted by molar-refractivity contribution is 0.0785. The maximum absolute atomic E-state index is 12.7. The van der Waals surface area contributed by atoms with Crippen LogP contribution in [0.15, 0.2) is 48.8 Å². The first-order chi connectivity index (χ1) is 12.2. The predicted molar refractivity (Wildman–Crippen MR) is 87.5 cm³/mol. The van der Waals surface area contributed by atoms with Crippen LogP contribution in [0.1, 0.15) is 15.9 Å². The highest BCUT2D eigenvalue weighted by atomic mass is 16.7. The molecule has 0 unspecified atom stereocenters. The Bertz CT molecular complexity index is 910. The first-order valence-corrected chi connectivity index (χ1v) is 7.68. The molecule has 0 fully saturated rings. The van der Waals surface area contributed by atoms with E-state index in [1.807, 2.05) is 24.3 Å². The Morgan fingerprint density at radius 3 is 2.92 bits per heavy atom. The van der Waals surface area contributed by atoms with Crippen LogP contribution < -0.4 is 9.47 Å². The fraction of sp³-hybridized carbons (Fsp3) is 0.176. The zero-order valence-electron chi connectivity index (χ0n) is 13.5. The summed E-state index contributed by atoms with van der Waals surface area (Å²) in [5, 5.41) is 11.1. The molecule has 1 aliphatic rings. The number of tetrazole rings is 1. The molecule has 4 rings (SSSR count). The van der Waals surface area contributed by atoms with E-state index in [4.69, 9.17) is 9.47 Å². The van der Waals surface area contributed by atoms with E-state index < -0.39 is 0 Å². The first-order valence-electron chi connectivity index (χ1n) is 7.68. The second-order valence-corrected chi connectivity index (χ2v) is 5.65. The molecule has 2 heterocycles. The molecule has 0 saturated heterocycles. The van der Waals surface area contributed by atoms with Crippen molar-refractivity contribution < 1.29 is 14.3 Å². The smallest absolute Gasteiger partial charge is 0.253 e. The SMILES string of the molecule is CN(Cc1ccc2c(c1)OCO2)C(=O)c1cccc(-n2cnnn2)c1. The molecule has 1 amide bonds. The number of carbonyl (C=O) groups is 1. The summed E-state index contributed by atoms with van der Waals surface area (Å²) in [5.41, 5.74) is 2.26. The van der Waals surface area contributed by atoms with Crippen molar-refractivity contribution in [1.29, 1.82) is 0 Å². The second-order valence-electron chi connectivity index (χ2n) is 5.65. The van der Waals surface area contributed by atoms with Crippen molar-refractivity contribution in [3.05, 3.63) is 59.9 Å².